The Hall–Kier alpha value is -5.08. The van der Waals surface area contributed by atoms with Crippen LogP contribution in [-0.4, -0.2) is 6.71 Å². The van der Waals surface area contributed by atoms with Gasteiger partial charge >= 0.3 is 0 Å². The standard InChI is InChI=1S/C44H42BN/c1-31-27-33(3)43(34(4)28-31)45(44-35(5)29-32(2)30-36(44)6)39-23-19-37(20-24-39)17-18-38-21-25-42(26-22-38)46(40-13-9-7-10-14-40)41-15-11-8-12-16-41/h7-30H,1-6H3. The van der Waals surface area contributed by atoms with Gasteiger partial charge < -0.3 is 4.90 Å². The zero-order valence-electron chi connectivity index (χ0n) is 27.9. The number of nitrogens with zero attached hydrogens (tertiary/aromatic N) is 1. The van der Waals surface area contributed by atoms with Crippen molar-refractivity contribution in [3.8, 4) is 0 Å². The second-order valence-corrected chi connectivity index (χ2v) is 12.7. The maximum absolute atomic E-state index is 2.33. The fourth-order valence-electron chi connectivity index (χ4n) is 7.10. The molecule has 0 saturated carbocycles. The molecule has 0 heterocycles. The Labute approximate surface area is 276 Å². The van der Waals surface area contributed by atoms with Gasteiger partial charge in [-0.05, 0) is 89.1 Å². The van der Waals surface area contributed by atoms with Gasteiger partial charge in [-0.25, -0.2) is 0 Å². The highest BCUT2D eigenvalue weighted by molar-refractivity contribution is 6.96. The molecule has 2 heteroatoms. The molecule has 0 aromatic heterocycles. The van der Waals surface area contributed by atoms with Crippen molar-refractivity contribution in [1.82, 2.24) is 0 Å². The van der Waals surface area contributed by atoms with Crippen LogP contribution in [0.15, 0.2) is 133 Å². The summed E-state index contributed by atoms with van der Waals surface area (Å²) in [6.07, 6.45) is 4.42. The van der Waals surface area contributed by atoms with Gasteiger partial charge in [-0.15, -0.1) is 0 Å². The summed E-state index contributed by atoms with van der Waals surface area (Å²) in [5.41, 5.74) is 18.0. The van der Waals surface area contributed by atoms with E-state index in [1.807, 2.05) is 0 Å². The minimum absolute atomic E-state index is 0.184. The van der Waals surface area contributed by atoms with E-state index in [9.17, 15) is 0 Å². The van der Waals surface area contributed by atoms with Gasteiger partial charge in [-0.3, -0.25) is 0 Å². The van der Waals surface area contributed by atoms with Crippen LogP contribution in [-0.2, 0) is 0 Å². The Morgan fingerprint density at radius 2 is 0.761 bits per heavy atom. The maximum atomic E-state index is 2.33. The third-order valence-corrected chi connectivity index (χ3v) is 8.97. The Kier molecular flexibility index (Phi) is 9.08. The Balaban J connectivity index is 1.29. The van der Waals surface area contributed by atoms with E-state index in [2.05, 4.69) is 192 Å². The Morgan fingerprint density at radius 3 is 1.15 bits per heavy atom. The van der Waals surface area contributed by atoms with Crippen molar-refractivity contribution in [2.24, 2.45) is 0 Å². The fourth-order valence-corrected chi connectivity index (χ4v) is 7.10. The molecule has 0 unspecified atom stereocenters. The summed E-state index contributed by atoms with van der Waals surface area (Å²) in [6, 6.07) is 48.3. The van der Waals surface area contributed by atoms with Gasteiger partial charge in [0, 0.05) is 17.1 Å². The molecule has 0 atom stereocenters. The van der Waals surface area contributed by atoms with Gasteiger partial charge in [0.15, 0.2) is 0 Å². The molecule has 0 fully saturated rings. The first-order valence-electron chi connectivity index (χ1n) is 16.2. The van der Waals surface area contributed by atoms with Crippen LogP contribution in [0.25, 0.3) is 12.2 Å². The van der Waals surface area contributed by atoms with E-state index in [-0.39, 0.29) is 6.71 Å². The molecule has 226 valence electrons. The van der Waals surface area contributed by atoms with E-state index < -0.39 is 0 Å². The van der Waals surface area contributed by atoms with Crippen LogP contribution in [0, 0.1) is 41.5 Å². The maximum Gasteiger partial charge on any atom is 0.242 e. The number of anilines is 3. The third kappa shape index (κ3) is 6.63. The zero-order chi connectivity index (χ0) is 32.2. The summed E-state index contributed by atoms with van der Waals surface area (Å²) in [7, 11) is 0. The number of benzene rings is 6. The lowest BCUT2D eigenvalue weighted by Crippen LogP contribution is -2.55. The van der Waals surface area contributed by atoms with Crippen LogP contribution in [0.3, 0.4) is 0 Å². The summed E-state index contributed by atoms with van der Waals surface area (Å²) in [4.78, 5) is 2.29. The zero-order valence-corrected chi connectivity index (χ0v) is 27.9. The average Bonchev–Trinajstić information content (AvgIpc) is 3.04. The van der Waals surface area contributed by atoms with Crippen LogP contribution in [0.1, 0.15) is 44.5 Å². The smallest absolute Gasteiger partial charge is 0.242 e. The SMILES string of the molecule is Cc1cc(C)c(B(c2ccc(C=Cc3ccc(N(c4ccccc4)c4ccccc4)cc3)cc2)c2c(C)cc(C)cc2C)c(C)c1. The number of aryl methyl sites for hydroxylation is 6. The molecule has 0 spiro atoms. The van der Waals surface area contributed by atoms with E-state index in [1.165, 1.54) is 60.9 Å². The first kappa shape index (κ1) is 30.9. The topological polar surface area (TPSA) is 3.24 Å². The lowest BCUT2D eigenvalue weighted by atomic mass is 9.34. The lowest BCUT2D eigenvalue weighted by molar-refractivity contribution is 1.28. The van der Waals surface area contributed by atoms with E-state index in [1.54, 1.807) is 0 Å². The number of rotatable bonds is 8. The van der Waals surface area contributed by atoms with Crippen LogP contribution >= 0.6 is 0 Å². The van der Waals surface area contributed by atoms with Crippen molar-refractivity contribution in [2.75, 3.05) is 4.90 Å². The average molecular weight is 596 g/mol. The molecule has 0 aliphatic heterocycles. The predicted octanol–water partition coefficient (Wildman–Crippen LogP) is 9.69. The molecule has 6 rings (SSSR count). The van der Waals surface area contributed by atoms with Crippen molar-refractivity contribution < 1.29 is 0 Å². The first-order chi connectivity index (χ1) is 22.3. The monoisotopic (exact) mass is 595 g/mol. The van der Waals surface area contributed by atoms with Gasteiger partial charge in [0.25, 0.3) is 0 Å². The van der Waals surface area contributed by atoms with E-state index in [0.29, 0.717) is 0 Å². The highest BCUT2D eigenvalue weighted by Gasteiger charge is 2.28. The van der Waals surface area contributed by atoms with Crippen LogP contribution < -0.4 is 21.3 Å². The highest BCUT2D eigenvalue weighted by Crippen LogP contribution is 2.34. The molecule has 0 bridgehead atoms. The van der Waals surface area contributed by atoms with Crippen molar-refractivity contribution in [3.63, 3.8) is 0 Å². The molecule has 6 aromatic rings. The van der Waals surface area contributed by atoms with Gasteiger partial charge in [0.2, 0.25) is 6.71 Å². The summed E-state index contributed by atoms with van der Waals surface area (Å²) in [5, 5.41) is 0. The van der Waals surface area contributed by atoms with Crippen molar-refractivity contribution in [3.05, 3.63) is 178 Å². The molecule has 0 radical (unpaired) electrons. The van der Waals surface area contributed by atoms with Crippen LogP contribution in [0.2, 0.25) is 0 Å². The molecule has 0 saturated heterocycles. The number of hydrogen-bond acceptors (Lipinski definition) is 1. The third-order valence-electron chi connectivity index (χ3n) is 8.97. The van der Waals surface area contributed by atoms with E-state index >= 15 is 0 Å². The number of para-hydroxylation sites is 2. The van der Waals surface area contributed by atoms with Crippen LogP contribution in [0.5, 0.6) is 0 Å². The molecule has 46 heavy (non-hydrogen) atoms. The quantitative estimate of drug-likeness (QED) is 0.125. The first-order valence-corrected chi connectivity index (χ1v) is 16.2. The molecule has 0 N–H and O–H groups in total. The second kappa shape index (κ2) is 13.5. The van der Waals surface area contributed by atoms with Crippen LogP contribution in [0.4, 0.5) is 17.1 Å². The molecule has 0 amide bonds. The van der Waals surface area contributed by atoms with Gasteiger partial charge in [0.1, 0.15) is 0 Å². The van der Waals surface area contributed by atoms with Gasteiger partial charge in [0.05, 0.1) is 0 Å². The predicted molar refractivity (Wildman–Crippen MR) is 202 cm³/mol. The van der Waals surface area contributed by atoms with Gasteiger partial charge in [-0.1, -0.05) is 159 Å². The molecule has 6 aromatic carbocycles. The minimum Gasteiger partial charge on any atom is -0.311 e. The van der Waals surface area contributed by atoms with E-state index in [0.717, 1.165) is 17.1 Å². The van der Waals surface area contributed by atoms with Gasteiger partial charge in [-0.2, -0.15) is 0 Å². The second-order valence-electron chi connectivity index (χ2n) is 12.7. The lowest BCUT2D eigenvalue weighted by Gasteiger charge is -2.25. The summed E-state index contributed by atoms with van der Waals surface area (Å²) in [6.45, 7) is 13.6. The van der Waals surface area contributed by atoms with E-state index in [4.69, 9.17) is 0 Å². The summed E-state index contributed by atoms with van der Waals surface area (Å²) < 4.78 is 0. The fraction of sp³-hybridized carbons (Fsp3) is 0.136. The molecule has 0 aliphatic carbocycles. The Bertz CT molecular complexity index is 1830. The Morgan fingerprint density at radius 1 is 0.413 bits per heavy atom. The normalized spacial score (nSPS) is 11.2. The highest BCUT2D eigenvalue weighted by atomic mass is 15.1. The van der Waals surface area contributed by atoms with Crippen molar-refractivity contribution in [1.29, 1.82) is 0 Å². The molecular formula is C44H42BN. The number of hydrogen-bond donors (Lipinski definition) is 0. The summed E-state index contributed by atoms with van der Waals surface area (Å²) in [5.74, 6) is 0. The molecule has 1 nitrogen and oxygen atoms in total. The van der Waals surface area contributed by atoms with Crippen molar-refractivity contribution >= 4 is 52.3 Å². The van der Waals surface area contributed by atoms with Crippen molar-refractivity contribution in [2.45, 2.75) is 41.5 Å². The molecular weight excluding hydrogens is 553 g/mol. The summed E-state index contributed by atoms with van der Waals surface area (Å²) >= 11 is 0. The molecule has 0 aliphatic rings. The minimum atomic E-state index is 0.184. The largest absolute Gasteiger partial charge is 0.311 e.